The van der Waals surface area contributed by atoms with E-state index in [4.69, 9.17) is 0 Å². The molecule has 0 aliphatic heterocycles. The minimum Gasteiger partial charge on any atom is -0.344 e. The largest absolute Gasteiger partial charge is 0.435 e. The molecule has 1 atom stereocenters. The van der Waals surface area contributed by atoms with Crippen LogP contribution >= 0.6 is 0 Å². The van der Waals surface area contributed by atoms with Crippen LogP contribution in [0.2, 0.25) is 0 Å². The first kappa shape index (κ1) is 22.8. The van der Waals surface area contributed by atoms with Crippen molar-refractivity contribution in [3.63, 3.8) is 0 Å². The Labute approximate surface area is 183 Å². The van der Waals surface area contributed by atoms with Gasteiger partial charge in [0.15, 0.2) is 5.69 Å². The number of aromatic nitrogens is 5. The zero-order valence-corrected chi connectivity index (χ0v) is 17.4. The van der Waals surface area contributed by atoms with E-state index in [1.807, 2.05) is 0 Å². The van der Waals surface area contributed by atoms with Gasteiger partial charge in [0.25, 0.3) is 5.91 Å². The zero-order valence-electron chi connectivity index (χ0n) is 17.4. The van der Waals surface area contributed by atoms with Crippen LogP contribution in [0.1, 0.15) is 57.7 Å². The highest BCUT2D eigenvalue weighted by Crippen LogP contribution is 2.35. The average Bonchev–Trinajstić information content (AvgIpc) is 3.28. The molecule has 0 fully saturated rings. The van der Waals surface area contributed by atoms with Gasteiger partial charge in [0.1, 0.15) is 11.4 Å². The van der Waals surface area contributed by atoms with Crippen molar-refractivity contribution in [3.8, 4) is 5.69 Å². The summed E-state index contributed by atoms with van der Waals surface area (Å²) >= 11 is 0. The summed E-state index contributed by atoms with van der Waals surface area (Å²) in [5.41, 5.74) is -0.570. The Morgan fingerprint density at radius 3 is 2.42 bits per heavy atom. The number of fused-ring (bicyclic) bond motifs is 1. The lowest BCUT2D eigenvalue weighted by molar-refractivity contribution is -0.142. The molecule has 0 saturated carbocycles. The van der Waals surface area contributed by atoms with Crippen LogP contribution in [0.4, 0.5) is 26.3 Å². The number of hydrogen-bond acceptors (Lipinski definition) is 4. The van der Waals surface area contributed by atoms with Gasteiger partial charge in [-0.2, -0.15) is 36.5 Å². The monoisotopic (exact) mass is 472 g/mol. The first-order valence-electron chi connectivity index (χ1n) is 9.90. The van der Waals surface area contributed by atoms with Crippen LogP contribution in [0.5, 0.6) is 0 Å². The summed E-state index contributed by atoms with van der Waals surface area (Å²) in [6.07, 6.45) is -6.58. The molecule has 1 unspecified atom stereocenters. The Kier molecular flexibility index (Phi) is 5.45. The maximum absolute atomic E-state index is 13.1. The number of carbonyl (C=O) groups excluding carboxylic acids is 1. The molecule has 0 bridgehead atoms. The SMILES string of the molecule is Cc1c2c(nn1-c1ccnc(C(F)(F)F)c1)CCCC2NC(=O)c1cc(C(F)(F)F)nn1C. The van der Waals surface area contributed by atoms with Gasteiger partial charge < -0.3 is 5.32 Å². The number of halogens is 6. The van der Waals surface area contributed by atoms with E-state index in [9.17, 15) is 31.1 Å². The van der Waals surface area contributed by atoms with Crippen LogP contribution in [-0.4, -0.2) is 30.5 Å². The van der Waals surface area contributed by atoms with Gasteiger partial charge in [-0.1, -0.05) is 0 Å². The Bertz CT molecular complexity index is 1210. The molecule has 1 amide bonds. The van der Waals surface area contributed by atoms with Crippen LogP contribution in [-0.2, 0) is 25.8 Å². The van der Waals surface area contributed by atoms with Crippen LogP contribution in [0.15, 0.2) is 24.4 Å². The lowest BCUT2D eigenvalue weighted by Gasteiger charge is -2.23. The summed E-state index contributed by atoms with van der Waals surface area (Å²) in [6, 6.07) is 2.38. The maximum Gasteiger partial charge on any atom is 0.435 e. The zero-order chi connectivity index (χ0) is 24.1. The average molecular weight is 472 g/mol. The van der Waals surface area contributed by atoms with Crippen molar-refractivity contribution < 1.29 is 31.1 Å². The van der Waals surface area contributed by atoms with Crippen molar-refractivity contribution in [3.05, 3.63) is 58.4 Å². The topological polar surface area (TPSA) is 77.6 Å². The minimum atomic E-state index is -4.69. The number of amides is 1. The molecule has 1 aliphatic carbocycles. The summed E-state index contributed by atoms with van der Waals surface area (Å²) in [5, 5.41) is 10.5. The van der Waals surface area contributed by atoms with Gasteiger partial charge in [-0.3, -0.25) is 14.5 Å². The van der Waals surface area contributed by atoms with E-state index in [0.29, 0.717) is 42.3 Å². The van der Waals surface area contributed by atoms with E-state index in [1.54, 1.807) is 6.92 Å². The molecule has 0 radical (unpaired) electrons. The van der Waals surface area contributed by atoms with Crippen molar-refractivity contribution in [2.24, 2.45) is 7.05 Å². The van der Waals surface area contributed by atoms with E-state index in [2.05, 4.69) is 20.5 Å². The van der Waals surface area contributed by atoms with Gasteiger partial charge >= 0.3 is 12.4 Å². The molecular weight excluding hydrogens is 454 g/mol. The number of nitrogens with one attached hydrogen (secondary N) is 1. The van der Waals surface area contributed by atoms with E-state index in [-0.39, 0.29) is 11.4 Å². The minimum absolute atomic E-state index is 0.163. The number of pyridine rings is 1. The predicted molar refractivity (Wildman–Crippen MR) is 102 cm³/mol. The van der Waals surface area contributed by atoms with Crippen molar-refractivity contribution >= 4 is 5.91 Å². The number of alkyl halides is 6. The fraction of sp³-hybridized carbons (Fsp3) is 0.400. The third-order valence-electron chi connectivity index (χ3n) is 5.48. The summed E-state index contributed by atoms with van der Waals surface area (Å²) in [5.74, 6) is -0.742. The summed E-state index contributed by atoms with van der Waals surface area (Å²) < 4.78 is 80.2. The van der Waals surface area contributed by atoms with E-state index >= 15 is 0 Å². The first-order valence-corrected chi connectivity index (χ1v) is 9.90. The highest BCUT2D eigenvalue weighted by atomic mass is 19.4. The summed E-state index contributed by atoms with van der Waals surface area (Å²) in [7, 11) is 1.24. The lowest BCUT2D eigenvalue weighted by atomic mass is 9.91. The predicted octanol–water partition coefficient (Wildman–Crippen LogP) is 4.15. The normalized spacial score (nSPS) is 16.5. The second-order valence-electron chi connectivity index (χ2n) is 7.71. The van der Waals surface area contributed by atoms with Crippen LogP contribution in [0.25, 0.3) is 5.69 Å². The molecule has 13 heteroatoms. The second kappa shape index (κ2) is 7.89. The van der Waals surface area contributed by atoms with Crippen molar-refractivity contribution in [1.29, 1.82) is 0 Å². The highest BCUT2D eigenvalue weighted by molar-refractivity contribution is 5.93. The fourth-order valence-electron chi connectivity index (χ4n) is 3.98. The molecule has 3 aromatic heterocycles. The molecule has 4 rings (SSSR count). The van der Waals surface area contributed by atoms with Crippen LogP contribution in [0, 0.1) is 6.92 Å². The standard InChI is InChI=1S/C20H18F6N6O/c1-10-17-12(28-18(33)14-9-16(20(24,25)26)30-31(14)2)4-3-5-13(17)29-32(10)11-6-7-27-15(8-11)19(21,22)23/h6-9,12H,3-5H2,1-2H3,(H,28,33). The summed E-state index contributed by atoms with van der Waals surface area (Å²) in [6.45, 7) is 1.66. The molecule has 0 saturated heterocycles. The second-order valence-corrected chi connectivity index (χ2v) is 7.71. The number of nitrogens with zero attached hydrogens (tertiary/aromatic N) is 5. The first-order chi connectivity index (χ1) is 15.4. The number of hydrogen-bond donors (Lipinski definition) is 1. The van der Waals surface area contributed by atoms with E-state index in [1.165, 1.54) is 17.8 Å². The molecule has 0 spiro atoms. The fourth-order valence-corrected chi connectivity index (χ4v) is 3.98. The van der Waals surface area contributed by atoms with Gasteiger partial charge in [0, 0.05) is 30.6 Å². The molecular formula is C20H18F6N6O. The lowest BCUT2D eigenvalue weighted by Crippen LogP contribution is -2.32. The van der Waals surface area contributed by atoms with Gasteiger partial charge in [-0.15, -0.1) is 0 Å². The van der Waals surface area contributed by atoms with Gasteiger partial charge in [-0.05, 0) is 38.3 Å². The van der Waals surface area contributed by atoms with Crippen LogP contribution in [0.3, 0.4) is 0 Å². The van der Waals surface area contributed by atoms with Gasteiger partial charge in [0.2, 0.25) is 0 Å². The Morgan fingerprint density at radius 2 is 1.79 bits per heavy atom. The van der Waals surface area contributed by atoms with Crippen LogP contribution < -0.4 is 5.32 Å². The number of aryl methyl sites for hydroxylation is 2. The van der Waals surface area contributed by atoms with E-state index < -0.39 is 35.7 Å². The molecule has 176 valence electrons. The molecule has 0 aromatic carbocycles. The third kappa shape index (κ3) is 4.31. The third-order valence-corrected chi connectivity index (χ3v) is 5.48. The van der Waals surface area contributed by atoms with Gasteiger partial charge in [0.05, 0.1) is 17.4 Å². The molecule has 3 aromatic rings. The molecule has 1 N–H and O–H groups in total. The quantitative estimate of drug-likeness (QED) is 0.581. The molecule has 7 nitrogen and oxygen atoms in total. The smallest absolute Gasteiger partial charge is 0.344 e. The molecule has 1 aliphatic rings. The Balaban J connectivity index is 1.65. The van der Waals surface area contributed by atoms with Crippen molar-refractivity contribution in [2.75, 3.05) is 0 Å². The van der Waals surface area contributed by atoms with Crippen molar-refractivity contribution in [2.45, 2.75) is 44.6 Å². The number of carbonyl (C=O) groups is 1. The maximum atomic E-state index is 13.1. The van der Waals surface area contributed by atoms with Crippen molar-refractivity contribution in [1.82, 2.24) is 29.9 Å². The Morgan fingerprint density at radius 1 is 1.09 bits per heavy atom. The Hall–Kier alpha value is -3.38. The number of rotatable bonds is 3. The highest BCUT2D eigenvalue weighted by Gasteiger charge is 2.36. The van der Waals surface area contributed by atoms with Gasteiger partial charge in [-0.25, -0.2) is 4.68 Å². The molecule has 3 heterocycles. The summed E-state index contributed by atoms with van der Waals surface area (Å²) in [4.78, 5) is 16.1. The van der Waals surface area contributed by atoms with E-state index in [0.717, 1.165) is 16.9 Å². The molecule has 33 heavy (non-hydrogen) atoms.